The van der Waals surface area contributed by atoms with Crippen LogP contribution in [0.2, 0.25) is 0 Å². The highest BCUT2D eigenvalue weighted by Gasteiger charge is 2.19. The first kappa shape index (κ1) is 12.2. The first-order chi connectivity index (χ1) is 9.24. The van der Waals surface area contributed by atoms with Gasteiger partial charge in [-0.3, -0.25) is 0 Å². The summed E-state index contributed by atoms with van der Waals surface area (Å²) < 4.78 is 15.7. The summed E-state index contributed by atoms with van der Waals surface area (Å²) in [7, 11) is 0. The fraction of sp³-hybridized carbons (Fsp3) is 0.400. The Morgan fingerprint density at radius 3 is 2.84 bits per heavy atom. The molecule has 0 amide bonds. The molecule has 0 spiro atoms. The average Bonchev–Trinajstić information content (AvgIpc) is 3.04. The number of aromatic nitrogens is 2. The Balaban J connectivity index is 1.83. The molecule has 1 aromatic carbocycles. The molecule has 0 atom stereocenters. The van der Waals surface area contributed by atoms with Gasteiger partial charge in [0.15, 0.2) is 0 Å². The highest BCUT2D eigenvalue weighted by molar-refractivity contribution is 5.54. The number of imidazole rings is 1. The fourth-order valence-corrected chi connectivity index (χ4v) is 2.69. The summed E-state index contributed by atoms with van der Waals surface area (Å²) in [6.07, 6.45) is 8.76. The minimum atomic E-state index is -0.191. The summed E-state index contributed by atoms with van der Waals surface area (Å²) in [5, 5.41) is 3.21. The fourth-order valence-electron chi connectivity index (χ4n) is 2.69. The summed E-state index contributed by atoms with van der Waals surface area (Å²) in [5.41, 5.74) is 1.40. The number of aryl methyl sites for hydroxylation is 1. The number of hydrogen-bond donors (Lipinski definition) is 1. The van der Waals surface area contributed by atoms with Crippen LogP contribution in [-0.2, 0) is 0 Å². The molecule has 1 N–H and O–H groups in total. The van der Waals surface area contributed by atoms with E-state index in [9.17, 15) is 4.39 Å². The van der Waals surface area contributed by atoms with Crippen LogP contribution in [0.4, 0.5) is 16.0 Å². The number of anilines is 2. The molecule has 1 aliphatic rings. The van der Waals surface area contributed by atoms with Gasteiger partial charge in [0.1, 0.15) is 5.82 Å². The minimum absolute atomic E-state index is 0.191. The van der Waals surface area contributed by atoms with E-state index in [1.165, 1.54) is 31.7 Å². The second kappa shape index (κ2) is 5.03. The van der Waals surface area contributed by atoms with E-state index in [4.69, 9.17) is 0 Å². The van der Waals surface area contributed by atoms with Crippen LogP contribution in [0.1, 0.15) is 37.3 Å². The number of nitrogens with one attached hydrogen (secondary N) is 1. The number of benzene rings is 1. The molecule has 3 rings (SSSR count). The summed E-state index contributed by atoms with van der Waals surface area (Å²) in [5.74, 6) is 0.610. The Hall–Kier alpha value is -1.84. The number of hydrogen-bond acceptors (Lipinski definition) is 2. The maximum atomic E-state index is 13.5. The monoisotopic (exact) mass is 259 g/mol. The van der Waals surface area contributed by atoms with Gasteiger partial charge in [0.25, 0.3) is 0 Å². The highest BCUT2D eigenvalue weighted by Crippen LogP contribution is 2.32. The third-order valence-electron chi connectivity index (χ3n) is 3.81. The second-order valence-electron chi connectivity index (χ2n) is 5.19. The molecule has 0 bridgehead atoms. The van der Waals surface area contributed by atoms with Gasteiger partial charge in [0.2, 0.25) is 5.95 Å². The molecule has 1 fully saturated rings. The van der Waals surface area contributed by atoms with Gasteiger partial charge in [-0.05, 0) is 37.5 Å². The largest absolute Gasteiger partial charge is 0.326 e. The van der Waals surface area contributed by atoms with Crippen LogP contribution >= 0.6 is 0 Å². The topological polar surface area (TPSA) is 29.9 Å². The van der Waals surface area contributed by atoms with Gasteiger partial charge in [0, 0.05) is 24.1 Å². The molecule has 1 saturated carbocycles. The van der Waals surface area contributed by atoms with Crippen molar-refractivity contribution in [3.63, 3.8) is 0 Å². The van der Waals surface area contributed by atoms with Crippen molar-refractivity contribution in [3.05, 3.63) is 42.0 Å². The van der Waals surface area contributed by atoms with Crippen molar-refractivity contribution in [2.75, 3.05) is 5.32 Å². The van der Waals surface area contributed by atoms with Crippen molar-refractivity contribution in [2.45, 2.75) is 38.6 Å². The Kier molecular flexibility index (Phi) is 3.23. The summed E-state index contributed by atoms with van der Waals surface area (Å²) >= 11 is 0. The molecule has 19 heavy (non-hydrogen) atoms. The van der Waals surface area contributed by atoms with Gasteiger partial charge in [-0.1, -0.05) is 18.9 Å². The maximum Gasteiger partial charge on any atom is 0.207 e. The van der Waals surface area contributed by atoms with E-state index in [2.05, 4.69) is 14.9 Å². The summed E-state index contributed by atoms with van der Waals surface area (Å²) in [6, 6.07) is 5.70. The van der Waals surface area contributed by atoms with Crippen LogP contribution in [0.5, 0.6) is 0 Å². The molecule has 4 heteroatoms. The molecule has 100 valence electrons. The van der Waals surface area contributed by atoms with Crippen molar-refractivity contribution in [1.29, 1.82) is 0 Å². The lowest BCUT2D eigenvalue weighted by Gasteiger charge is -2.15. The Labute approximate surface area is 112 Å². The van der Waals surface area contributed by atoms with Gasteiger partial charge < -0.3 is 9.88 Å². The number of halogens is 1. The standard InChI is InChI=1S/C15H18FN3/c1-11-6-7-12(10-14(11)16)18-15-17-8-9-19(15)13-4-2-3-5-13/h6-10,13H,2-5H2,1H3,(H,17,18). The van der Waals surface area contributed by atoms with Crippen LogP contribution < -0.4 is 5.32 Å². The van der Waals surface area contributed by atoms with Gasteiger partial charge in [-0.15, -0.1) is 0 Å². The Morgan fingerprint density at radius 1 is 1.32 bits per heavy atom. The normalized spacial score (nSPS) is 15.9. The second-order valence-corrected chi connectivity index (χ2v) is 5.19. The van der Waals surface area contributed by atoms with Crippen molar-refractivity contribution in [3.8, 4) is 0 Å². The van der Waals surface area contributed by atoms with Gasteiger partial charge in [0.05, 0.1) is 0 Å². The van der Waals surface area contributed by atoms with Gasteiger partial charge in [-0.25, -0.2) is 9.37 Å². The van der Waals surface area contributed by atoms with E-state index in [1.54, 1.807) is 19.2 Å². The van der Waals surface area contributed by atoms with E-state index in [-0.39, 0.29) is 5.82 Å². The van der Waals surface area contributed by atoms with Crippen molar-refractivity contribution < 1.29 is 4.39 Å². The zero-order chi connectivity index (χ0) is 13.2. The van der Waals surface area contributed by atoms with Gasteiger partial charge in [-0.2, -0.15) is 0 Å². The lowest BCUT2D eigenvalue weighted by atomic mass is 10.2. The van der Waals surface area contributed by atoms with Crippen LogP contribution in [0.3, 0.4) is 0 Å². The maximum absolute atomic E-state index is 13.5. The molecule has 0 aliphatic heterocycles. The lowest BCUT2D eigenvalue weighted by molar-refractivity contribution is 0.525. The van der Waals surface area contributed by atoms with E-state index in [1.807, 2.05) is 12.3 Å². The molecule has 1 aliphatic carbocycles. The van der Waals surface area contributed by atoms with Crippen molar-refractivity contribution in [2.24, 2.45) is 0 Å². The van der Waals surface area contributed by atoms with Gasteiger partial charge >= 0.3 is 0 Å². The third-order valence-corrected chi connectivity index (χ3v) is 3.81. The molecular weight excluding hydrogens is 241 g/mol. The van der Waals surface area contributed by atoms with Crippen LogP contribution in [0.25, 0.3) is 0 Å². The molecule has 2 aromatic rings. The Morgan fingerprint density at radius 2 is 2.11 bits per heavy atom. The zero-order valence-electron chi connectivity index (χ0n) is 11.1. The van der Waals surface area contributed by atoms with E-state index >= 15 is 0 Å². The first-order valence-electron chi connectivity index (χ1n) is 6.80. The van der Waals surface area contributed by atoms with Crippen molar-refractivity contribution in [1.82, 2.24) is 9.55 Å². The zero-order valence-corrected chi connectivity index (χ0v) is 11.1. The smallest absolute Gasteiger partial charge is 0.207 e. The van der Waals surface area contributed by atoms with Crippen LogP contribution in [-0.4, -0.2) is 9.55 Å². The summed E-state index contributed by atoms with van der Waals surface area (Å²) in [4.78, 5) is 4.34. The molecular formula is C15H18FN3. The lowest BCUT2D eigenvalue weighted by Crippen LogP contribution is -2.08. The first-order valence-corrected chi connectivity index (χ1v) is 6.80. The van der Waals surface area contributed by atoms with E-state index < -0.39 is 0 Å². The predicted octanol–water partition coefficient (Wildman–Crippen LogP) is 4.19. The third kappa shape index (κ3) is 2.48. The number of rotatable bonds is 3. The molecule has 1 heterocycles. The van der Waals surface area contributed by atoms with E-state index in [0.29, 0.717) is 11.6 Å². The number of nitrogens with zero attached hydrogens (tertiary/aromatic N) is 2. The molecule has 0 unspecified atom stereocenters. The molecule has 0 saturated heterocycles. The predicted molar refractivity (Wildman–Crippen MR) is 74.2 cm³/mol. The Bertz CT molecular complexity index is 571. The average molecular weight is 259 g/mol. The molecule has 1 aromatic heterocycles. The SMILES string of the molecule is Cc1ccc(Nc2nccn2C2CCCC2)cc1F. The molecule has 0 radical (unpaired) electrons. The van der Waals surface area contributed by atoms with Crippen LogP contribution in [0.15, 0.2) is 30.6 Å². The summed E-state index contributed by atoms with van der Waals surface area (Å²) in [6.45, 7) is 1.76. The van der Waals surface area contributed by atoms with Crippen molar-refractivity contribution >= 4 is 11.6 Å². The van der Waals surface area contributed by atoms with Crippen LogP contribution in [0, 0.1) is 12.7 Å². The molecule has 3 nitrogen and oxygen atoms in total. The quantitative estimate of drug-likeness (QED) is 0.895. The highest BCUT2D eigenvalue weighted by atomic mass is 19.1. The minimum Gasteiger partial charge on any atom is -0.326 e. The van der Waals surface area contributed by atoms with E-state index in [0.717, 1.165) is 11.6 Å².